The van der Waals surface area contributed by atoms with Crippen LogP contribution in [0.2, 0.25) is 0 Å². The van der Waals surface area contributed by atoms with E-state index >= 15 is 0 Å². The largest absolute Gasteiger partial charge is 0.444 e. The molecule has 0 N–H and O–H groups in total. The van der Waals surface area contributed by atoms with Crippen LogP contribution in [-0.4, -0.2) is 40.7 Å². The highest BCUT2D eigenvalue weighted by Crippen LogP contribution is 2.52. The Morgan fingerprint density at radius 2 is 1.29 bits per heavy atom. The van der Waals surface area contributed by atoms with Crippen LogP contribution in [0.4, 0.5) is 4.79 Å². The molecule has 1 heterocycles. The number of hydrogen-bond acceptors (Lipinski definition) is 4. The minimum absolute atomic E-state index is 0.0920. The van der Waals surface area contributed by atoms with Gasteiger partial charge in [-0.3, -0.25) is 4.90 Å². The topological polar surface area (TPSA) is 46.6 Å². The Balaban J connectivity index is 1.79. The molecule has 0 aliphatic carbocycles. The molecule has 1 fully saturated rings. The van der Waals surface area contributed by atoms with E-state index in [-0.39, 0.29) is 5.25 Å². The number of nitrogens with zero attached hydrogens (tertiary/aromatic N) is 1. The molecule has 1 aliphatic heterocycles. The van der Waals surface area contributed by atoms with Crippen molar-refractivity contribution < 1.29 is 14.3 Å². The smallest absolute Gasteiger partial charge is 0.410 e. The summed E-state index contributed by atoms with van der Waals surface area (Å²) in [6, 6.07) is 30.7. The fraction of sp³-hybridized carbons (Fsp3) is 0.310. The van der Waals surface area contributed by atoms with Crippen molar-refractivity contribution in [1.82, 2.24) is 4.90 Å². The van der Waals surface area contributed by atoms with Crippen molar-refractivity contribution in [1.29, 1.82) is 0 Å². The van der Waals surface area contributed by atoms with Gasteiger partial charge in [0.25, 0.3) is 0 Å². The van der Waals surface area contributed by atoms with Gasteiger partial charge in [0.1, 0.15) is 17.9 Å². The summed E-state index contributed by atoms with van der Waals surface area (Å²) in [5.74, 6) is 0. The number of rotatable bonds is 6. The number of ether oxygens (including phenoxy) is 1. The van der Waals surface area contributed by atoms with E-state index < -0.39 is 22.5 Å². The number of thioether (sulfide) groups is 1. The summed E-state index contributed by atoms with van der Waals surface area (Å²) >= 11 is 1.75. The van der Waals surface area contributed by atoms with Crippen LogP contribution in [0.3, 0.4) is 0 Å². The molecule has 0 saturated carbocycles. The molecule has 176 valence electrons. The van der Waals surface area contributed by atoms with Crippen LogP contribution < -0.4 is 0 Å². The first-order valence-corrected chi connectivity index (χ1v) is 12.5. The van der Waals surface area contributed by atoms with Crippen LogP contribution >= 0.6 is 11.8 Å². The number of amides is 1. The highest BCUT2D eigenvalue weighted by molar-refractivity contribution is 8.01. The molecule has 3 aromatic rings. The summed E-state index contributed by atoms with van der Waals surface area (Å²) in [5.41, 5.74) is 2.80. The van der Waals surface area contributed by atoms with Crippen LogP contribution in [0, 0.1) is 0 Å². The zero-order valence-electron chi connectivity index (χ0n) is 19.9. The molecule has 0 spiro atoms. The van der Waals surface area contributed by atoms with Crippen molar-refractivity contribution in [2.24, 2.45) is 0 Å². The Bertz CT molecular complexity index is 1000. The summed E-state index contributed by atoms with van der Waals surface area (Å²) in [7, 11) is 0. The van der Waals surface area contributed by atoms with Crippen molar-refractivity contribution in [3.05, 3.63) is 108 Å². The second-order valence-corrected chi connectivity index (χ2v) is 11.0. The number of likely N-dealkylation sites (tertiary alicyclic amines) is 1. The van der Waals surface area contributed by atoms with Crippen molar-refractivity contribution in [2.45, 2.75) is 48.8 Å². The molecule has 3 aromatic carbocycles. The molecular formula is C29H31NO3S. The van der Waals surface area contributed by atoms with Gasteiger partial charge in [0.15, 0.2) is 0 Å². The van der Waals surface area contributed by atoms with E-state index in [0.717, 1.165) is 23.0 Å². The number of hydrogen-bond donors (Lipinski definition) is 0. The summed E-state index contributed by atoms with van der Waals surface area (Å²) in [6.07, 6.45) is 1.18. The van der Waals surface area contributed by atoms with E-state index in [1.165, 1.54) is 0 Å². The zero-order valence-corrected chi connectivity index (χ0v) is 20.7. The fourth-order valence-corrected chi connectivity index (χ4v) is 6.40. The molecule has 1 saturated heterocycles. The van der Waals surface area contributed by atoms with Crippen molar-refractivity contribution in [2.75, 3.05) is 6.54 Å². The minimum atomic E-state index is -0.613. The Morgan fingerprint density at radius 1 is 0.853 bits per heavy atom. The summed E-state index contributed by atoms with van der Waals surface area (Å²) < 4.78 is 5.06. The normalized spacial score (nSPS) is 18.5. The van der Waals surface area contributed by atoms with Gasteiger partial charge < -0.3 is 9.53 Å². The maximum atomic E-state index is 12.9. The molecule has 0 bridgehead atoms. The third-order valence-corrected chi connectivity index (χ3v) is 7.91. The van der Waals surface area contributed by atoms with Gasteiger partial charge >= 0.3 is 6.09 Å². The molecule has 4 rings (SSSR count). The highest BCUT2D eigenvalue weighted by atomic mass is 32.2. The van der Waals surface area contributed by atoms with Crippen LogP contribution in [0.1, 0.15) is 43.9 Å². The Hall–Kier alpha value is -3.05. The van der Waals surface area contributed by atoms with E-state index in [9.17, 15) is 9.59 Å². The van der Waals surface area contributed by atoms with Gasteiger partial charge in [-0.25, -0.2) is 4.79 Å². The zero-order chi connectivity index (χ0) is 24.2. The van der Waals surface area contributed by atoms with Crippen LogP contribution in [0.15, 0.2) is 91.0 Å². The van der Waals surface area contributed by atoms with Gasteiger partial charge in [-0.1, -0.05) is 91.0 Å². The molecule has 4 nitrogen and oxygen atoms in total. The highest BCUT2D eigenvalue weighted by Gasteiger charge is 2.46. The average molecular weight is 474 g/mol. The maximum Gasteiger partial charge on any atom is 0.410 e. The average Bonchev–Trinajstić information content (AvgIpc) is 3.26. The van der Waals surface area contributed by atoms with E-state index in [0.29, 0.717) is 13.0 Å². The van der Waals surface area contributed by atoms with Crippen LogP contribution in [0.25, 0.3) is 0 Å². The molecule has 1 aliphatic rings. The third kappa shape index (κ3) is 4.90. The molecule has 5 heteroatoms. The molecular weight excluding hydrogens is 442 g/mol. The van der Waals surface area contributed by atoms with Crippen molar-refractivity contribution in [3.63, 3.8) is 0 Å². The molecule has 0 aromatic heterocycles. The van der Waals surface area contributed by atoms with E-state index in [1.54, 1.807) is 16.7 Å². The third-order valence-electron chi connectivity index (χ3n) is 6.03. The lowest BCUT2D eigenvalue weighted by Crippen LogP contribution is -2.43. The van der Waals surface area contributed by atoms with Crippen molar-refractivity contribution in [3.8, 4) is 0 Å². The van der Waals surface area contributed by atoms with E-state index in [4.69, 9.17) is 4.74 Å². The van der Waals surface area contributed by atoms with Gasteiger partial charge in [0, 0.05) is 11.8 Å². The lowest BCUT2D eigenvalue weighted by Gasteiger charge is -2.38. The van der Waals surface area contributed by atoms with Gasteiger partial charge in [-0.05, 0) is 43.9 Å². The summed E-state index contributed by atoms with van der Waals surface area (Å²) in [6.45, 7) is 6.02. The van der Waals surface area contributed by atoms with Gasteiger partial charge in [0.05, 0.1) is 4.75 Å². The molecule has 0 radical (unpaired) electrons. The molecule has 34 heavy (non-hydrogen) atoms. The lowest BCUT2D eigenvalue weighted by molar-refractivity contribution is -0.111. The van der Waals surface area contributed by atoms with Gasteiger partial charge in [0.2, 0.25) is 0 Å². The quantitative estimate of drug-likeness (QED) is 0.312. The fourth-order valence-electron chi connectivity index (χ4n) is 4.56. The van der Waals surface area contributed by atoms with Gasteiger partial charge in [-0.2, -0.15) is 0 Å². The first-order chi connectivity index (χ1) is 16.3. The maximum absolute atomic E-state index is 12.9. The number of carbonyl (C=O) groups is 2. The SMILES string of the molecule is CC(C)(C)OC(=O)N1CC[C@@H](SC(c2ccccc2)(c2ccccc2)c2ccccc2)[C@H]1C=O. The summed E-state index contributed by atoms with van der Waals surface area (Å²) in [4.78, 5) is 26.8. The predicted octanol–water partition coefficient (Wildman–Crippen LogP) is 6.29. The number of carbonyl (C=O) groups excluding carboxylic acids is 2. The van der Waals surface area contributed by atoms with Gasteiger partial charge in [-0.15, -0.1) is 11.8 Å². The number of aldehydes is 1. The predicted molar refractivity (Wildman–Crippen MR) is 138 cm³/mol. The minimum Gasteiger partial charge on any atom is -0.444 e. The van der Waals surface area contributed by atoms with E-state index in [1.807, 2.05) is 39.0 Å². The standard InChI is InChI=1S/C29H31NO3S/c1-28(2,3)33-27(32)30-20-19-26(25(30)21-31)34-29(22-13-7-4-8-14-22,23-15-9-5-10-16-23)24-17-11-6-12-18-24/h4-18,21,25-26H,19-20H2,1-3H3/t25-,26-/m1/s1. The van der Waals surface area contributed by atoms with Crippen LogP contribution in [-0.2, 0) is 14.3 Å². The second kappa shape index (κ2) is 10.1. The second-order valence-electron chi connectivity index (χ2n) is 9.52. The molecule has 1 amide bonds. The Labute approximate surface area is 206 Å². The number of benzene rings is 3. The summed E-state index contributed by atoms with van der Waals surface area (Å²) in [5, 5.41) is -0.0920. The van der Waals surface area contributed by atoms with Crippen LogP contribution in [0.5, 0.6) is 0 Å². The molecule has 0 unspecified atom stereocenters. The Morgan fingerprint density at radius 3 is 1.68 bits per heavy atom. The van der Waals surface area contributed by atoms with E-state index in [2.05, 4.69) is 72.8 Å². The first-order valence-electron chi connectivity index (χ1n) is 11.6. The molecule has 2 atom stereocenters. The Kier molecular flexibility index (Phi) is 7.13. The monoisotopic (exact) mass is 473 g/mol. The van der Waals surface area contributed by atoms with Crippen molar-refractivity contribution >= 4 is 24.1 Å². The lowest BCUT2D eigenvalue weighted by atomic mass is 9.84. The first kappa shape index (κ1) is 24.1.